The number of rotatable bonds is 5. The topological polar surface area (TPSA) is 57.0 Å². The van der Waals surface area contributed by atoms with Crippen LogP contribution in [0.1, 0.15) is 12.0 Å². The van der Waals surface area contributed by atoms with Crippen molar-refractivity contribution in [2.45, 2.75) is 18.9 Å². The maximum atomic E-state index is 6.28. The number of benzene rings is 1. The SMILES string of the molecule is COc1ccc(C[C@@H]2CN(C)CC[C@@H]2N)c(OC)c1OC. The highest BCUT2D eigenvalue weighted by Gasteiger charge is 2.27. The third-order valence-electron chi connectivity index (χ3n) is 4.26. The summed E-state index contributed by atoms with van der Waals surface area (Å²) in [6.45, 7) is 2.08. The van der Waals surface area contributed by atoms with Crippen molar-refractivity contribution in [2.75, 3.05) is 41.5 Å². The van der Waals surface area contributed by atoms with Crippen LogP contribution in [0, 0.1) is 5.92 Å². The number of nitrogens with zero attached hydrogens (tertiary/aromatic N) is 1. The van der Waals surface area contributed by atoms with Crippen LogP contribution in [0.3, 0.4) is 0 Å². The van der Waals surface area contributed by atoms with Crippen molar-refractivity contribution in [1.29, 1.82) is 0 Å². The lowest BCUT2D eigenvalue weighted by Crippen LogP contribution is -2.46. The maximum Gasteiger partial charge on any atom is 0.203 e. The van der Waals surface area contributed by atoms with Gasteiger partial charge >= 0.3 is 0 Å². The van der Waals surface area contributed by atoms with E-state index < -0.39 is 0 Å². The van der Waals surface area contributed by atoms with Gasteiger partial charge < -0.3 is 24.8 Å². The maximum absolute atomic E-state index is 6.28. The summed E-state index contributed by atoms with van der Waals surface area (Å²) in [6.07, 6.45) is 1.92. The molecule has 5 nitrogen and oxygen atoms in total. The molecule has 0 aromatic heterocycles. The molecule has 2 atom stereocenters. The van der Waals surface area contributed by atoms with Gasteiger partial charge in [0.25, 0.3) is 0 Å². The summed E-state index contributed by atoms with van der Waals surface area (Å²) in [5.74, 6) is 2.51. The molecular formula is C16H26N2O3. The summed E-state index contributed by atoms with van der Waals surface area (Å²) in [5, 5.41) is 0. The molecule has 0 radical (unpaired) electrons. The van der Waals surface area contributed by atoms with Crippen molar-refractivity contribution >= 4 is 0 Å². The van der Waals surface area contributed by atoms with E-state index in [2.05, 4.69) is 11.9 Å². The zero-order chi connectivity index (χ0) is 15.4. The molecule has 0 unspecified atom stereocenters. The highest BCUT2D eigenvalue weighted by molar-refractivity contribution is 5.55. The predicted octanol–water partition coefficient (Wildman–Crippen LogP) is 1.53. The monoisotopic (exact) mass is 294 g/mol. The normalized spacial score (nSPS) is 22.9. The Morgan fingerprint density at radius 2 is 1.86 bits per heavy atom. The average molecular weight is 294 g/mol. The van der Waals surface area contributed by atoms with Gasteiger partial charge in [-0.15, -0.1) is 0 Å². The third kappa shape index (κ3) is 3.41. The number of nitrogens with two attached hydrogens (primary N) is 1. The van der Waals surface area contributed by atoms with Gasteiger partial charge in [-0.1, -0.05) is 6.07 Å². The Morgan fingerprint density at radius 3 is 2.48 bits per heavy atom. The number of methoxy groups -OCH3 is 3. The first-order chi connectivity index (χ1) is 10.1. The Labute approximate surface area is 127 Å². The second-order valence-electron chi connectivity index (χ2n) is 5.67. The highest BCUT2D eigenvalue weighted by atomic mass is 16.5. The minimum atomic E-state index is 0.235. The van der Waals surface area contributed by atoms with Crippen molar-refractivity contribution < 1.29 is 14.2 Å². The molecule has 0 spiro atoms. The minimum absolute atomic E-state index is 0.235. The van der Waals surface area contributed by atoms with E-state index in [1.165, 1.54) is 0 Å². The van der Waals surface area contributed by atoms with Gasteiger partial charge in [-0.2, -0.15) is 0 Å². The smallest absolute Gasteiger partial charge is 0.203 e. The van der Waals surface area contributed by atoms with Crippen molar-refractivity contribution in [3.63, 3.8) is 0 Å². The average Bonchev–Trinajstić information content (AvgIpc) is 2.50. The standard InChI is InChI=1S/C16H26N2O3/c1-18-8-7-13(17)12(10-18)9-11-5-6-14(19-2)16(21-4)15(11)20-3/h5-6,12-13H,7-10,17H2,1-4H3/t12-,13+/m1/s1. The molecule has 0 saturated carbocycles. The van der Waals surface area contributed by atoms with E-state index in [-0.39, 0.29) is 6.04 Å². The van der Waals surface area contributed by atoms with E-state index in [0.717, 1.165) is 37.2 Å². The first-order valence-electron chi connectivity index (χ1n) is 7.32. The summed E-state index contributed by atoms with van der Waals surface area (Å²) < 4.78 is 16.3. The van der Waals surface area contributed by atoms with Gasteiger partial charge in [0, 0.05) is 12.6 Å². The van der Waals surface area contributed by atoms with E-state index in [1.807, 2.05) is 12.1 Å². The number of ether oxygens (including phenoxy) is 3. The molecule has 5 heteroatoms. The number of hydrogen-bond acceptors (Lipinski definition) is 5. The number of likely N-dealkylation sites (tertiary alicyclic amines) is 1. The van der Waals surface area contributed by atoms with Crippen molar-refractivity contribution in [3.05, 3.63) is 17.7 Å². The lowest BCUT2D eigenvalue weighted by Gasteiger charge is -2.35. The Hall–Kier alpha value is -1.46. The van der Waals surface area contributed by atoms with Gasteiger partial charge in [-0.05, 0) is 44.0 Å². The fourth-order valence-corrected chi connectivity index (χ4v) is 3.05. The van der Waals surface area contributed by atoms with E-state index in [9.17, 15) is 0 Å². The molecule has 0 aliphatic carbocycles. The van der Waals surface area contributed by atoms with Gasteiger partial charge in [0.1, 0.15) is 0 Å². The number of hydrogen-bond donors (Lipinski definition) is 1. The van der Waals surface area contributed by atoms with Crippen molar-refractivity contribution in [2.24, 2.45) is 11.7 Å². The first-order valence-corrected chi connectivity index (χ1v) is 7.32. The number of piperidine rings is 1. The van der Waals surface area contributed by atoms with Crippen LogP contribution in [0.5, 0.6) is 17.2 Å². The second kappa shape index (κ2) is 7.00. The van der Waals surface area contributed by atoms with Crippen molar-refractivity contribution in [3.8, 4) is 17.2 Å². The highest BCUT2D eigenvalue weighted by Crippen LogP contribution is 2.41. The Balaban J connectivity index is 2.27. The fourth-order valence-electron chi connectivity index (χ4n) is 3.05. The van der Waals surface area contributed by atoms with Crippen LogP contribution in [0.15, 0.2) is 12.1 Å². The van der Waals surface area contributed by atoms with Crippen LogP contribution in [-0.4, -0.2) is 52.4 Å². The lowest BCUT2D eigenvalue weighted by atomic mass is 9.87. The molecule has 2 rings (SSSR count). The van der Waals surface area contributed by atoms with Crippen LogP contribution in [0.25, 0.3) is 0 Å². The molecule has 0 amide bonds. The Morgan fingerprint density at radius 1 is 1.14 bits per heavy atom. The second-order valence-corrected chi connectivity index (χ2v) is 5.67. The summed E-state index contributed by atoms with van der Waals surface area (Å²) >= 11 is 0. The first kappa shape index (κ1) is 15.9. The molecule has 1 fully saturated rings. The summed E-state index contributed by atoms with van der Waals surface area (Å²) in [5.41, 5.74) is 7.40. The molecule has 118 valence electrons. The quantitative estimate of drug-likeness (QED) is 0.892. The van der Waals surface area contributed by atoms with E-state index in [4.69, 9.17) is 19.9 Å². The minimum Gasteiger partial charge on any atom is -0.493 e. The summed E-state index contributed by atoms with van der Waals surface area (Å²) in [4.78, 5) is 2.33. The van der Waals surface area contributed by atoms with Gasteiger partial charge in [0.2, 0.25) is 5.75 Å². The largest absolute Gasteiger partial charge is 0.493 e. The molecule has 1 aliphatic rings. The van der Waals surface area contributed by atoms with E-state index in [1.54, 1.807) is 21.3 Å². The molecular weight excluding hydrogens is 268 g/mol. The summed E-state index contributed by atoms with van der Waals surface area (Å²) in [7, 11) is 7.06. The third-order valence-corrected chi connectivity index (χ3v) is 4.26. The molecule has 1 aliphatic heterocycles. The zero-order valence-electron chi connectivity index (χ0n) is 13.4. The van der Waals surface area contributed by atoms with Gasteiger partial charge in [-0.3, -0.25) is 0 Å². The molecule has 1 heterocycles. The van der Waals surface area contributed by atoms with Crippen LogP contribution >= 0.6 is 0 Å². The van der Waals surface area contributed by atoms with Crippen LogP contribution in [0.4, 0.5) is 0 Å². The van der Waals surface area contributed by atoms with Crippen LogP contribution in [-0.2, 0) is 6.42 Å². The fraction of sp³-hybridized carbons (Fsp3) is 0.625. The van der Waals surface area contributed by atoms with E-state index in [0.29, 0.717) is 17.4 Å². The summed E-state index contributed by atoms with van der Waals surface area (Å²) in [6, 6.07) is 4.20. The van der Waals surface area contributed by atoms with Gasteiger partial charge in [-0.25, -0.2) is 0 Å². The molecule has 1 aromatic carbocycles. The molecule has 0 bridgehead atoms. The van der Waals surface area contributed by atoms with Gasteiger partial charge in [0.05, 0.1) is 21.3 Å². The Kier molecular flexibility index (Phi) is 5.31. The molecule has 1 aromatic rings. The van der Waals surface area contributed by atoms with Crippen LogP contribution < -0.4 is 19.9 Å². The zero-order valence-corrected chi connectivity index (χ0v) is 13.4. The predicted molar refractivity (Wildman–Crippen MR) is 83.4 cm³/mol. The molecule has 2 N–H and O–H groups in total. The lowest BCUT2D eigenvalue weighted by molar-refractivity contribution is 0.184. The van der Waals surface area contributed by atoms with E-state index >= 15 is 0 Å². The Bertz CT molecular complexity index is 479. The van der Waals surface area contributed by atoms with Crippen molar-refractivity contribution in [1.82, 2.24) is 4.90 Å². The molecule has 1 saturated heterocycles. The van der Waals surface area contributed by atoms with Gasteiger partial charge in [0.15, 0.2) is 11.5 Å². The van der Waals surface area contributed by atoms with Crippen LogP contribution in [0.2, 0.25) is 0 Å². The molecule has 21 heavy (non-hydrogen) atoms.